The molecule has 1 aromatic heterocycles. The van der Waals surface area contributed by atoms with Gasteiger partial charge in [-0.25, -0.2) is 4.98 Å². The normalized spacial score (nSPS) is 12.5. The van der Waals surface area contributed by atoms with Gasteiger partial charge in [0.25, 0.3) is 0 Å². The highest BCUT2D eigenvalue weighted by Crippen LogP contribution is 2.23. The lowest BCUT2D eigenvalue weighted by Gasteiger charge is -2.17. The van der Waals surface area contributed by atoms with Crippen LogP contribution in [0.1, 0.15) is 0 Å². The largest absolute Gasteiger partial charge is 0.383 e. The molecule has 15 heavy (non-hydrogen) atoms. The van der Waals surface area contributed by atoms with Crippen molar-refractivity contribution in [2.45, 2.75) is 6.04 Å². The third-order valence-electron chi connectivity index (χ3n) is 1.80. The fourth-order valence-corrected chi connectivity index (χ4v) is 1.84. The topological polar surface area (TPSA) is 60.2 Å². The zero-order valence-corrected chi connectivity index (χ0v) is 10.7. The second-order valence-electron chi connectivity index (χ2n) is 3.02. The van der Waals surface area contributed by atoms with Crippen molar-refractivity contribution in [3.05, 3.63) is 21.8 Å². The van der Waals surface area contributed by atoms with Crippen LogP contribution >= 0.6 is 27.5 Å². The van der Waals surface area contributed by atoms with Gasteiger partial charge in [-0.2, -0.15) is 0 Å². The van der Waals surface area contributed by atoms with Crippen molar-refractivity contribution in [1.29, 1.82) is 0 Å². The Labute approximate surface area is 102 Å². The molecule has 1 heterocycles. The van der Waals surface area contributed by atoms with Gasteiger partial charge in [0.05, 0.1) is 22.1 Å². The average molecular weight is 295 g/mol. The lowest BCUT2D eigenvalue weighted by molar-refractivity contribution is 0.187. The van der Waals surface area contributed by atoms with Gasteiger partial charge >= 0.3 is 0 Å². The second kappa shape index (κ2) is 6.27. The molecule has 3 N–H and O–H groups in total. The number of anilines is 1. The molecule has 0 aromatic carbocycles. The molecule has 0 spiro atoms. The fourth-order valence-electron chi connectivity index (χ4n) is 1.08. The van der Waals surface area contributed by atoms with E-state index in [1.165, 1.54) is 0 Å². The molecule has 0 bridgehead atoms. The molecule has 1 rings (SSSR count). The van der Waals surface area contributed by atoms with Crippen molar-refractivity contribution in [1.82, 2.24) is 4.98 Å². The molecule has 6 heteroatoms. The zero-order chi connectivity index (χ0) is 11.3. The van der Waals surface area contributed by atoms with E-state index in [9.17, 15) is 0 Å². The molecule has 0 aliphatic heterocycles. The molecule has 1 unspecified atom stereocenters. The minimum atomic E-state index is 0.0416. The first-order valence-corrected chi connectivity index (χ1v) is 5.61. The lowest BCUT2D eigenvalue weighted by Crippen LogP contribution is -2.33. The number of ether oxygens (including phenoxy) is 1. The molecule has 0 fully saturated rings. The van der Waals surface area contributed by atoms with Crippen molar-refractivity contribution in [3.63, 3.8) is 0 Å². The molecule has 0 amide bonds. The highest BCUT2D eigenvalue weighted by molar-refractivity contribution is 9.10. The van der Waals surface area contributed by atoms with Gasteiger partial charge in [-0.15, -0.1) is 0 Å². The molecule has 1 aromatic rings. The van der Waals surface area contributed by atoms with Crippen LogP contribution in [0.5, 0.6) is 0 Å². The first kappa shape index (κ1) is 12.7. The van der Waals surface area contributed by atoms with Gasteiger partial charge in [0.1, 0.15) is 5.82 Å². The maximum Gasteiger partial charge on any atom is 0.140 e. The van der Waals surface area contributed by atoms with E-state index in [1.807, 2.05) is 0 Å². The Balaban J connectivity index is 2.70. The van der Waals surface area contributed by atoms with Crippen molar-refractivity contribution < 1.29 is 4.74 Å². The molecular formula is C9H13BrClN3O. The van der Waals surface area contributed by atoms with Crippen LogP contribution in [0.2, 0.25) is 5.02 Å². The van der Waals surface area contributed by atoms with Crippen LogP contribution in [0.3, 0.4) is 0 Å². The van der Waals surface area contributed by atoms with Gasteiger partial charge in [-0.3, -0.25) is 0 Å². The standard InChI is InChI=1S/C9H13BrClN3O/c1-15-5-7(3-12)14-9-8(10)2-6(11)4-13-9/h2,4,7H,3,5,12H2,1H3,(H,13,14). The van der Waals surface area contributed by atoms with Gasteiger partial charge in [0.15, 0.2) is 0 Å². The number of methoxy groups -OCH3 is 1. The summed E-state index contributed by atoms with van der Waals surface area (Å²) in [5.41, 5.74) is 5.58. The Kier molecular flexibility index (Phi) is 5.31. The van der Waals surface area contributed by atoms with E-state index in [2.05, 4.69) is 26.2 Å². The maximum atomic E-state index is 5.78. The van der Waals surface area contributed by atoms with E-state index in [0.29, 0.717) is 24.0 Å². The van der Waals surface area contributed by atoms with Gasteiger partial charge < -0.3 is 15.8 Å². The molecule has 0 aliphatic carbocycles. The number of rotatable bonds is 5. The average Bonchev–Trinajstić information content (AvgIpc) is 2.21. The summed E-state index contributed by atoms with van der Waals surface area (Å²) in [7, 11) is 1.63. The van der Waals surface area contributed by atoms with Crippen LogP contribution in [0.25, 0.3) is 0 Å². The summed E-state index contributed by atoms with van der Waals surface area (Å²) in [6.45, 7) is 1.01. The first-order valence-electron chi connectivity index (χ1n) is 4.44. The Morgan fingerprint density at radius 3 is 3.00 bits per heavy atom. The summed E-state index contributed by atoms with van der Waals surface area (Å²) in [4.78, 5) is 4.15. The van der Waals surface area contributed by atoms with Crippen molar-refractivity contribution in [2.24, 2.45) is 5.73 Å². The number of nitrogens with zero attached hydrogens (tertiary/aromatic N) is 1. The number of pyridine rings is 1. The van der Waals surface area contributed by atoms with Gasteiger partial charge in [-0.1, -0.05) is 11.6 Å². The Bertz CT molecular complexity index is 324. The number of nitrogens with one attached hydrogen (secondary N) is 1. The zero-order valence-electron chi connectivity index (χ0n) is 8.34. The van der Waals surface area contributed by atoms with Crippen LogP contribution in [-0.2, 0) is 4.74 Å². The Morgan fingerprint density at radius 2 is 2.47 bits per heavy atom. The molecule has 1 atom stereocenters. The number of hydrogen-bond acceptors (Lipinski definition) is 4. The van der Waals surface area contributed by atoms with Crippen molar-refractivity contribution in [3.8, 4) is 0 Å². The van der Waals surface area contributed by atoms with Crippen LogP contribution < -0.4 is 11.1 Å². The smallest absolute Gasteiger partial charge is 0.140 e. The minimum absolute atomic E-state index is 0.0416. The predicted molar refractivity (Wildman–Crippen MR) is 65.3 cm³/mol. The number of nitrogens with two attached hydrogens (primary N) is 1. The molecular weight excluding hydrogens is 281 g/mol. The van der Waals surface area contributed by atoms with Gasteiger partial charge in [0.2, 0.25) is 0 Å². The highest BCUT2D eigenvalue weighted by Gasteiger charge is 2.09. The minimum Gasteiger partial charge on any atom is -0.383 e. The molecule has 0 saturated carbocycles. The van der Waals surface area contributed by atoms with Crippen LogP contribution in [0.4, 0.5) is 5.82 Å². The molecule has 4 nitrogen and oxygen atoms in total. The third-order valence-corrected chi connectivity index (χ3v) is 2.61. The van der Waals surface area contributed by atoms with E-state index in [1.54, 1.807) is 19.4 Å². The fraction of sp³-hybridized carbons (Fsp3) is 0.444. The SMILES string of the molecule is COCC(CN)Nc1ncc(Cl)cc1Br. The Hall–Kier alpha value is -0.360. The van der Waals surface area contributed by atoms with Gasteiger partial charge in [0, 0.05) is 19.9 Å². The van der Waals surface area contributed by atoms with Crippen molar-refractivity contribution in [2.75, 3.05) is 25.6 Å². The van der Waals surface area contributed by atoms with Gasteiger partial charge in [-0.05, 0) is 22.0 Å². The van der Waals surface area contributed by atoms with Crippen molar-refractivity contribution >= 4 is 33.3 Å². The summed E-state index contributed by atoms with van der Waals surface area (Å²) in [5.74, 6) is 0.715. The highest BCUT2D eigenvalue weighted by atomic mass is 79.9. The number of halogens is 2. The van der Waals surface area contributed by atoms with Crippen LogP contribution in [0, 0.1) is 0 Å². The summed E-state index contributed by atoms with van der Waals surface area (Å²) in [6, 6.07) is 1.82. The second-order valence-corrected chi connectivity index (χ2v) is 4.31. The van der Waals surface area contributed by atoms with E-state index in [-0.39, 0.29) is 6.04 Å². The number of hydrogen-bond donors (Lipinski definition) is 2. The quantitative estimate of drug-likeness (QED) is 0.870. The molecule has 84 valence electrons. The van der Waals surface area contributed by atoms with E-state index >= 15 is 0 Å². The summed E-state index contributed by atoms with van der Waals surface area (Å²) >= 11 is 9.14. The lowest BCUT2D eigenvalue weighted by atomic mass is 10.3. The molecule has 0 radical (unpaired) electrons. The summed E-state index contributed by atoms with van der Waals surface area (Å²) < 4.78 is 5.83. The Morgan fingerprint density at radius 1 is 1.73 bits per heavy atom. The summed E-state index contributed by atoms with van der Waals surface area (Å²) in [6.07, 6.45) is 1.58. The first-order chi connectivity index (χ1) is 7.17. The van der Waals surface area contributed by atoms with E-state index in [4.69, 9.17) is 22.1 Å². The summed E-state index contributed by atoms with van der Waals surface area (Å²) in [5, 5.41) is 3.75. The molecule has 0 aliphatic rings. The van der Waals surface area contributed by atoms with Crippen LogP contribution in [0.15, 0.2) is 16.7 Å². The monoisotopic (exact) mass is 293 g/mol. The van der Waals surface area contributed by atoms with E-state index < -0.39 is 0 Å². The third kappa shape index (κ3) is 3.95. The van der Waals surface area contributed by atoms with E-state index in [0.717, 1.165) is 4.47 Å². The van der Waals surface area contributed by atoms with Crippen LogP contribution in [-0.4, -0.2) is 31.3 Å². The molecule has 0 saturated heterocycles. The maximum absolute atomic E-state index is 5.78. The number of aromatic nitrogens is 1. The predicted octanol–water partition coefficient (Wildman–Crippen LogP) is 1.88.